The van der Waals surface area contributed by atoms with E-state index in [2.05, 4.69) is 17.5 Å². The van der Waals surface area contributed by atoms with Crippen molar-refractivity contribution in [1.29, 1.82) is 0 Å². The summed E-state index contributed by atoms with van der Waals surface area (Å²) in [6.07, 6.45) is 7.94. The second-order valence-electron chi connectivity index (χ2n) is 6.09. The SMILES string of the molecule is O=C(O)c1ccc(C(=O)NCC2CC3C=CC2CC3)c(F)c1. The molecule has 0 spiro atoms. The highest BCUT2D eigenvalue weighted by molar-refractivity contribution is 5.96. The molecule has 2 bridgehead atoms. The number of carboxylic acid groups (broad SMARTS) is 1. The Hall–Kier alpha value is -2.17. The predicted octanol–water partition coefficient (Wildman–Crippen LogP) is 2.86. The van der Waals surface area contributed by atoms with E-state index >= 15 is 0 Å². The van der Waals surface area contributed by atoms with Crippen LogP contribution in [-0.2, 0) is 0 Å². The Morgan fingerprint density at radius 1 is 1.27 bits per heavy atom. The van der Waals surface area contributed by atoms with E-state index in [1.165, 1.54) is 18.6 Å². The number of carboxylic acids is 1. The summed E-state index contributed by atoms with van der Waals surface area (Å²) in [7, 11) is 0. The van der Waals surface area contributed by atoms with Crippen LogP contribution in [0.15, 0.2) is 30.4 Å². The van der Waals surface area contributed by atoms with E-state index in [1.807, 2.05) is 0 Å². The van der Waals surface area contributed by atoms with Crippen LogP contribution in [0.5, 0.6) is 0 Å². The molecule has 5 heteroatoms. The van der Waals surface area contributed by atoms with Gasteiger partial charge in [-0.25, -0.2) is 9.18 Å². The monoisotopic (exact) mass is 303 g/mol. The van der Waals surface area contributed by atoms with Crippen molar-refractivity contribution in [1.82, 2.24) is 5.32 Å². The lowest BCUT2D eigenvalue weighted by Gasteiger charge is -2.38. The number of nitrogens with one attached hydrogen (secondary N) is 1. The van der Waals surface area contributed by atoms with Gasteiger partial charge in [0.05, 0.1) is 11.1 Å². The summed E-state index contributed by atoms with van der Waals surface area (Å²) in [4.78, 5) is 22.8. The number of halogens is 1. The maximum absolute atomic E-state index is 13.8. The van der Waals surface area contributed by atoms with Crippen LogP contribution in [0.1, 0.15) is 40.0 Å². The third-order valence-electron chi connectivity index (χ3n) is 4.70. The minimum absolute atomic E-state index is 0.110. The van der Waals surface area contributed by atoms with E-state index in [1.54, 1.807) is 0 Å². The second kappa shape index (κ2) is 5.91. The number of hydrogen-bond acceptors (Lipinski definition) is 2. The topological polar surface area (TPSA) is 66.4 Å². The second-order valence-corrected chi connectivity index (χ2v) is 6.09. The first-order valence-electron chi connectivity index (χ1n) is 7.54. The molecule has 1 amide bonds. The molecule has 4 rings (SSSR count). The maximum atomic E-state index is 13.8. The van der Waals surface area contributed by atoms with Gasteiger partial charge >= 0.3 is 5.97 Å². The highest BCUT2D eigenvalue weighted by Gasteiger charge is 2.31. The van der Waals surface area contributed by atoms with Crippen LogP contribution in [0.25, 0.3) is 0 Å². The van der Waals surface area contributed by atoms with E-state index in [9.17, 15) is 14.0 Å². The Labute approximate surface area is 128 Å². The summed E-state index contributed by atoms with van der Waals surface area (Å²) >= 11 is 0. The Kier molecular flexibility index (Phi) is 3.96. The molecule has 0 aromatic heterocycles. The van der Waals surface area contributed by atoms with Gasteiger partial charge in [-0.3, -0.25) is 4.79 Å². The van der Waals surface area contributed by atoms with Gasteiger partial charge < -0.3 is 10.4 Å². The summed E-state index contributed by atoms with van der Waals surface area (Å²) in [5.41, 5.74) is -0.273. The normalized spacial score (nSPS) is 26.0. The van der Waals surface area contributed by atoms with E-state index in [0.717, 1.165) is 18.9 Å². The van der Waals surface area contributed by atoms with Gasteiger partial charge in [-0.2, -0.15) is 0 Å². The van der Waals surface area contributed by atoms with Crippen LogP contribution in [0.2, 0.25) is 0 Å². The van der Waals surface area contributed by atoms with Gasteiger partial charge in [-0.05, 0) is 55.2 Å². The molecule has 1 saturated carbocycles. The van der Waals surface area contributed by atoms with Crippen molar-refractivity contribution in [3.63, 3.8) is 0 Å². The largest absolute Gasteiger partial charge is 0.478 e. The van der Waals surface area contributed by atoms with Gasteiger partial charge in [-0.15, -0.1) is 0 Å². The summed E-state index contributed by atoms with van der Waals surface area (Å²) in [6, 6.07) is 3.34. The zero-order valence-corrected chi connectivity index (χ0v) is 12.1. The molecule has 1 aromatic carbocycles. The van der Waals surface area contributed by atoms with Crippen LogP contribution in [0.3, 0.4) is 0 Å². The molecule has 116 valence electrons. The Morgan fingerprint density at radius 3 is 2.64 bits per heavy atom. The number of rotatable bonds is 4. The zero-order valence-electron chi connectivity index (χ0n) is 12.1. The molecule has 3 unspecified atom stereocenters. The molecule has 0 radical (unpaired) electrons. The zero-order chi connectivity index (χ0) is 15.7. The van der Waals surface area contributed by atoms with Crippen LogP contribution in [0, 0.1) is 23.6 Å². The first-order chi connectivity index (χ1) is 10.5. The lowest BCUT2D eigenvalue weighted by molar-refractivity contribution is 0.0695. The van der Waals surface area contributed by atoms with Gasteiger partial charge in [-0.1, -0.05) is 12.2 Å². The van der Waals surface area contributed by atoms with Crippen molar-refractivity contribution in [2.24, 2.45) is 17.8 Å². The van der Waals surface area contributed by atoms with Crippen molar-refractivity contribution in [2.45, 2.75) is 19.3 Å². The number of fused-ring (bicyclic) bond motifs is 2. The van der Waals surface area contributed by atoms with Gasteiger partial charge in [0, 0.05) is 6.54 Å². The van der Waals surface area contributed by atoms with Crippen LogP contribution < -0.4 is 5.32 Å². The minimum Gasteiger partial charge on any atom is -0.478 e. The number of allylic oxidation sites excluding steroid dienone is 2. The lowest BCUT2D eigenvalue weighted by Crippen LogP contribution is -2.37. The van der Waals surface area contributed by atoms with Crippen molar-refractivity contribution in [3.05, 3.63) is 47.3 Å². The highest BCUT2D eigenvalue weighted by atomic mass is 19.1. The number of hydrogen-bond donors (Lipinski definition) is 2. The fraction of sp³-hybridized carbons (Fsp3) is 0.412. The molecule has 3 aliphatic carbocycles. The van der Waals surface area contributed by atoms with Crippen molar-refractivity contribution in [3.8, 4) is 0 Å². The number of benzene rings is 1. The average Bonchev–Trinajstić information content (AvgIpc) is 2.53. The third-order valence-corrected chi connectivity index (χ3v) is 4.70. The molecule has 0 aliphatic heterocycles. The Balaban J connectivity index is 1.63. The fourth-order valence-corrected chi connectivity index (χ4v) is 3.44. The van der Waals surface area contributed by atoms with Gasteiger partial charge in [0.1, 0.15) is 5.82 Å². The number of carbonyl (C=O) groups excluding carboxylic acids is 1. The molecular weight excluding hydrogens is 285 g/mol. The van der Waals surface area contributed by atoms with Crippen LogP contribution >= 0.6 is 0 Å². The van der Waals surface area contributed by atoms with E-state index in [0.29, 0.717) is 24.3 Å². The standard InChI is InChI=1S/C17H18FNO3/c18-15-8-12(17(21)22)5-6-14(15)16(20)19-9-13-7-10-1-3-11(13)4-2-10/h1,3,5-6,8,10-11,13H,2,4,7,9H2,(H,19,20)(H,21,22). The molecule has 3 aliphatic rings. The van der Waals surface area contributed by atoms with E-state index < -0.39 is 17.7 Å². The molecule has 2 N–H and O–H groups in total. The maximum Gasteiger partial charge on any atom is 0.335 e. The van der Waals surface area contributed by atoms with Crippen molar-refractivity contribution < 1.29 is 19.1 Å². The molecular formula is C17H18FNO3. The first kappa shape index (κ1) is 14.8. The Morgan fingerprint density at radius 2 is 2.09 bits per heavy atom. The molecule has 1 fully saturated rings. The van der Waals surface area contributed by atoms with Gasteiger partial charge in [0.15, 0.2) is 0 Å². The minimum atomic E-state index is -1.21. The fourth-order valence-electron chi connectivity index (χ4n) is 3.44. The first-order valence-corrected chi connectivity index (χ1v) is 7.54. The quantitative estimate of drug-likeness (QED) is 0.841. The van der Waals surface area contributed by atoms with Gasteiger partial charge in [0.25, 0.3) is 5.91 Å². The third kappa shape index (κ3) is 2.89. The van der Waals surface area contributed by atoms with Crippen molar-refractivity contribution in [2.75, 3.05) is 6.54 Å². The number of carbonyl (C=O) groups is 2. The molecule has 4 nitrogen and oxygen atoms in total. The van der Waals surface area contributed by atoms with Crippen LogP contribution in [0.4, 0.5) is 4.39 Å². The van der Waals surface area contributed by atoms with Crippen LogP contribution in [-0.4, -0.2) is 23.5 Å². The summed E-state index contributed by atoms with van der Waals surface area (Å²) in [6.45, 7) is 0.532. The molecule has 1 aromatic rings. The van der Waals surface area contributed by atoms with E-state index in [4.69, 9.17) is 5.11 Å². The van der Waals surface area contributed by atoms with Gasteiger partial charge in [0.2, 0.25) is 0 Å². The lowest BCUT2D eigenvalue weighted by atomic mass is 9.69. The smallest absolute Gasteiger partial charge is 0.335 e. The summed E-state index contributed by atoms with van der Waals surface area (Å²) in [5, 5.41) is 11.6. The molecule has 22 heavy (non-hydrogen) atoms. The summed E-state index contributed by atoms with van der Waals surface area (Å²) in [5.74, 6) is -0.977. The van der Waals surface area contributed by atoms with E-state index in [-0.39, 0.29) is 11.1 Å². The molecule has 0 heterocycles. The van der Waals surface area contributed by atoms with Crippen molar-refractivity contribution >= 4 is 11.9 Å². The molecule has 3 atom stereocenters. The average molecular weight is 303 g/mol. The number of aromatic carboxylic acids is 1. The molecule has 0 saturated heterocycles. The summed E-state index contributed by atoms with van der Waals surface area (Å²) < 4.78 is 13.8. The number of amides is 1. The Bertz CT molecular complexity index is 641. The highest BCUT2D eigenvalue weighted by Crippen LogP contribution is 2.39. The predicted molar refractivity (Wildman–Crippen MR) is 79.2 cm³/mol.